The summed E-state index contributed by atoms with van der Waals surface area (Å²) in [7, 11) is 1.58. The summed E-state index contributed by atoms with van der Waals surface area (Å²) in [6, 6.07) is 13.3. The van der Waals surface area contributed by atoms with Crippen LogP contribution in [0.4, 0.5) is 5.69 Å². The number of aromatic nitrogens is 1. The molecule has 1 N–H and O–H groups in total. The maximum absolute atomic E-state index is 12.3. The number of methoxy groups -OCH3 is 1. The zero-order valence-electron chi connectivity index (χ0n) is 17.7. The smallest absolute Gasteiger partial charge is 0.248 e. The lowest BCUT2D eigenvalue weighted by molar-refractivity contribution is -0.111. The number of carbonyl (C=O) groups excluding carboxylic acids is 1. The molecule has 30 heavy (non-hydrogen) atoms. The number of hydrogen-bond acceptors (Lipinski definition) is 5. The average Bonchev–Trinajstić information content (AvgIpc) is 3.08. The number of benzene rings is 2. The molecular weight excluding hydrogens is 380 g/mol. The minimum Gasteiger partial charge on any atom is -0.493 e. The van der Waals surface area contributed by atoms with E-state index in [-0.39, 0.29) is 5.91 Å². The summed E-state index contributed by atoms with van der Waals surface area (Å²) < 4.78 is 16.5. The predicted molar refractivity (Wildman–Crippen MR) is 117 cm³/mol. The van der Waals surface area contributed by atoms with E-state index in [9.17, 15) is 4.79 Å². The number of carbonyl (C=O) groups is 1. The molecule has 0 spiro atoms. The number of para-hydroxylation sites is 1. The van der Waals surface area contributed by atoms with Crippen LogP contribution in [0.3, 0.4) is 0 Å². The summed E-state index contributed by atoms with van der Waals surface area (Å²) in [6.07, 6.45) is 4.10. The molecular formula is C24H26N2O4. The van der Waals surface area contributed by atoms with Gasteiger partial charge in [-0.15, -0.1) is 0 Å². The highest BCUT2D eigenvalue weighted by Crippen LogP contribution is 2.30. The molecule has 0 saturated carbocycles. The number of anilines is 1. The number of aryl methyl sites for hydroxylation is 3. The molecule has 0 aliphatic heterocycles. The molecule has 2 aromatic carbocycles. The van der Waals surface area contributed by atoms with Gasteiger partial charge >= 0.3 is 0 Å². The zero-order valence-corrected chi connectivity index (χ0v) is 17.7. The van der Waals surface area contributed by atoms with Crippen molar-refractivity contribution in [1.82, 2.24) is 5.16 Å². The van der Waals surface area contributed by atoms with Crippen LogP contribution >= 0.6 is 0 Å². The third-order valence-corrected chi connectivity index (χ3v) is 4.82. The number of hydrogen-bond donors (Lipinski definition) is 1. The Labute approximate surface area is 176 Å². The molecule has 6 nitrogen and oxygen atoms in total. The molecule has 0 unspecified atom stereocenters. The molecule has 0 fully saturated rings. The van der Waals surface area contributed by atoms with Gasteiger partial charge in [0.25, 0.3) is 0 Å². The van der Waals surface area contributed by atoms with Crippen molar-refractivity contribution in [3.63, 3.8) is 0 Å². The fourth-order valence-electron chi connectivity index (χ4n) is 3.06. The van der Waals surface area contributed by atoms with Crippen molar-refractivity contribution >= 4 is 17.7 Å². The first-order valence-corrected chi connectivity index (χ1v) is 9.81. The van der Waals surface area contributed by atoms with Gasteiger partial charge in [0.2, 0.25) is 5.91 Å². The van der Waals surface area contributed by atoms with Crippen molar-refractivity contribution < 1.29 is 18.8 Å². The van der Waals surface area contributed by atoms with Crippen LogP contribution in [0.2, 0.25) is 0 Å². The third-order valence-electron chi connectivity index (χ3n) is 4.82. The van der Waals surface area contributed by atoms with Crippen LogP contribution < -0.4 is 14.8 Å². The average molecular weight is 406 g/mol. The fraction of sp³-hybridized carbons (Fsp3) is 0.250. The fourth-order valence-corrected chi connectivity index (χ4v) is 3.06. The van der Waals surface area contributed by atoms with Gasteiger partial charge in [-0.1, -0.05) is 36.3 Å². The highest BCUT2D eigenvalue weighted by molar-refractivity contribution is 6.02. The molecule has 0 atom stereocenters. The van der Waals surface area contributed by atoms with E-state index in [4.69, 9.17) is 14.0 Å². The van der Waals surface area contributed by atoms with Gasteiger partial charge in [0.1, 0.15) is 12.4 Å². The van der Waals surface area contributed by atoms with Crippen molar-refractivity contribution in [3.8, 4) is 11.5 Å². The normalized spacial score (nSPS) is 10.9. The standard InChI is InChI=1S/C24H26N2O4/c1-5-19-8-6-7-9-21(19)25-24(27)13-11-18-10-12-22(23(14-18)28-4)29-15-20-16(2)26-30-17(20)3/h6-14H,5,15H2,1-4H3,(H,25,27)/b13-11+. The molecule has 1 aromatic heterocycles. The van der Waals surface area contributed by atoms with Gasteiger partial charge in [-0.05, 0) is 55.7 Å². The topological polar surface area (TPSA) is 73.6 Å². The summed E-state index contributed by atoms with van der Waals surface area (Å²) in [6.45, 7) is 6.13. The van der Waals surface area contributed by atoms with Crippen LogP contribution in [0.5, 0.6) is 11.5 Å². The predicted octanol–water partition coefficient (Wildman–Crippen LogP) is 5.09. The summed E-state index contributed by atoms with van der Waals surface area (Å²) >= 11 is 0. The van der Waals surface area contributed by atoms with E-state index >= 15 is 0 Å². The molecule has 1 amide bonds. The molecule has 6 heteroatoms. The molecule has 0 bridgehead atoms. The highest BCUT2D eigenvalue weighted by Gasteiger charge is 2.12. The monoisotopic (exact) mass is 406 g/mol. The highest BCUT2D eigenvalue weighted by atomic mass is 16.5. The van der Waals surface area contributed by atoms with Crippen LogP contribution in [0, 0.1) is 13.8 Å². The minimum absolute atomic E-state index is 0.186. The van der Waals surface area contributed by atoms with E-state index in [1.54, 1.807) is 13.2 Å². The number of ether oxygens (including phenoxy) is 2. The first-order valence-electron chi connectivity index (χ1n) is 9.81. The Morgan fingerprint density at radius 1 is 1.17 bits per heavy atom. The lowest BCUT2D eigenvalue weighted by Gasteiger charge is -2.11. The Morgan fingerprint density at radius 3 is 2.67 bits per heavy atom. The first-order chi connectivity index (χ1) is 14.5. The maximum atomic E-state index is 12.3. The van der Waals surface area contributed by atoms with Crippen LogP contribution in [-0.4, -0.2) is 18.2 Å². The Hall–Kier alpha value is -3.54. The van der Waals surface area contributed by atoms with Crippen LogP contribution in [0.1, 0.15) is 35.1 Å². The van der Waals surface area contributed by atoms with Crippen LogP contribution in [0.25, 0.3) is 6.08 Å². The molecule has 3 aromatic rings. The Morgan fingerprint density at radius 2 is 1.97 bits per heavy atom. The van der Waals surface area contributed by atoms with Crippen LogP contribution in [0.15, 0.2) is 53.1 Å². The molecule has 0 aliphatic rings. The molecule has 0 aliphatic carbocycles. The van der Waals surface area contributed by atoms with E-state index in [0.717, 1.165) is 40.3 Å². The SMILES string of the molecule is CCc1ccccc1NC(=O)/C=C/c1ccc(OCc2c(C)noc2C)c(OC)c1. The van der Waals surface area contributed by atoms with E-state index in [0.29, 0.717) is 18.1 Å². The second-order valence-electron chi connectivity index (χ2n) is 6.83. The van der Waals surface area contributed by atoms with E-state index in [1.165, 1.54) is 6.08 Å². The van der Waals surface area contributed by atoms with Crippen molar-refractivity contribution in [2.45, 2.75) is 33.8 Å². The van der Waals surface area contributed by atoms with Gasteiger partial charge in [0.05, 0.1) is 18.4 Å². The van der Waals surface area contributed by atoms with Gasteiger partial charge in [-0.3, -0.25) is 4.79 Å². The third kappa shape index (κ3) is 5.08. The number of nitrogens with zero attached hydrogens (tertiary/aromatic N) is 1. The maximum Gasteiger partial charge on any atom is 0.248 e. The molecule has 3 rings (SSSR count). The molecule has 1 heterocycles. The summed E-state index contributed by atoms with van der Waals surface area (Å²) in [5.41, 5.74) is 4.48. The number of nitrogens with one attached hydrogen (secondary N) is 1. The molecule has 156 valence electrons. The lowest BCUT2D eigenvalue weighted by Crippen LogP contribution is -2.09. The van der Waals surface area contributed by atoms with Gasteiger partial charge in [-0.2, -0.15) is 0 Å². The van der Waals surface area contributed by atoms with Crippen molar-refractivity contribution in [2.24, 2.45) is 0 Å². The molecule has 0 saturated heterocycles. The minimum atomic E-state index is -0.186. The largest absolute Gasteiger partial charge is 0.493 e. The lowest BCUT2D eigenvalue weighted by atomic mass is 10.1. The summed E-state index contributed by atoms with van der Waals surface area (Å²) in [5, 5.41) is 6.86. The van der Waals surface area contributed by atoms with Crippen molar-refractivity contribution in [2.75, 3.05) is 12.4 Å². The van der Waals surface area contributed by atoms with E-state index in [1.807, 2.05) is 56.3 Å². The van der Waals surface area contributed by atoms with E-state index in [2.05, 4.69) is 17.4 Å². The molecule has 0 radical (unpaired) electrons. The Bertz CT molecular complexity index is 1030. The zero-order chi connectivity index (χ0) is 21.5. The van der Waals surface area contributed by atoms with Gasteiger partial charge < -0.3 is 19.3 Å². The van der Waals surface area contributed by atoms with Gasteiger partial charge in [0.15, 0.2) is 11.5 Å². The Kier molecular flexibility index (Phi) is 6.91. The van der Waals surface area contributed by atoms with Crippen molar-refractivity contribution in [1.29, 1.82) is 0 Å². The number of rotatable bonds is 8. The summed E-state index contributed by atoms with van der Waals surface area (Å²) in [5.74, 6) is 1.74. The second kappa shape index (κ2) is 9.78. The Balaban J connectivity index is 1.67. The van der Waals surface area contributed by atoms with Crippen LogP contribution in [-0.2, 0) is 17.8 Å². The quantitative estimate of drug-likeness (QED) is 0.527. The second-order valence-corrected chi connectivity index (χ2v) is 6.83. The van der Waals surface area contributed by atoms with Gasteiger partial charge in [-0.25, -0.2) is 0 Å². The van der Waals surface area contributed by atoms with Crippen molar-refractivity contribution in [3.05, 3.63) is 76.7 Å². The summed E-state index contributed by atoms with van der Waals surface area (Å²) in [4.78, 5) is 12.3. The van der Waals surface area contributed by atoms with Gasteiger partial charge in [0, 0.05) is 11.8 Å². The number of amides is 1. The van der Waals surface area contributed by atoms with E-state index < -0.39 is 0 Å². The first kappa shape index (κ1) is 21.2.